The van der Waals surface area contributed by atoms with Crippen molar-refractivity contribution in [1.29, 1.82) is 5.26 Å². The molecule has 0 N–H and O–H groups in total. The third-order valence-corrected chi connectivity index (χ3v) is 5.42. The summed E-state index contributed by atoms with van der Waals surface area (Å²) in [5, 5.41) is 8.75. The van der Waals surface area contributed by atoms with Crippen LogP contribution in [0.25, 0.3) is 0 Å². The second-order valence-electron chi connectivity index (χ2n) is 7.59. The molecule has 1 aromatic carbocycles. The first-order chi connectivity index (χ1) is 13.8. The van der Waals surface area contributed by atoms with Gasteiger partial charge in [0.25, 0.3) is 0 Å². The molecule has 28 heavy (non-hydrogen) atoms. The van der Waals surface area contributed by atoms with Crippen molar-refractivity contribution in [2.75, 3.05) is 46.4 Å². The lowest BCUT2D eigenvalue weighted by atomic mass is 10.1. The van der Waals surface area contributed by atoms with E-state index < -0.39 is 0 Å². The van der Waals surface area contributed by atoms with E-state index in [1.54, 1.807) is 7.11 Å². The van der Waals surface area contributed by atoms with Crippen LogP contribution in [0.3, 0.4) is 0 Å². The number of unbranched alkanes of at least 4 members (excludes halogenated alkanes) is 5. The van der Waals surface area contributed by atoms with Gasteiger partial charge in [0.2, 0.25) is 0 Å². The minimum atomic E-state index is 0.617. The molecule has 1 heterocycles. The normalized spacial score (nSPS) is 15.3. The lowest BCUT2D eigenvalue weighted by Crippen LogP contribution is -2.46. The van der Waals surface area contributed by atoms with Crippen molar-refractivity contribution in [3.05, 3.63) is 23.8 Å². The van der Waals surface area contributed by atoms with Gasteiger partial charge in [-0.05, 0) is 12.5 Å². The fraction of sp³-hybridized carbons (Fsp3) is 0.696. The number of hydrogen-bond acceptors (Lipinski definition) is 5. The fourth-order valence-corrected chi connectivity index (χ4v) is 3.69. The zero-order chi connectivity index (χ0) is 20.0. The molecule has 0 aromatic heterocycles. The Bertz CT molecular complexity index is 592. The van der Waals surface area contributed by atoms with Gasteiger partial charge in [-0.3, -0.25) is 9.80 Å². The smallest absolute Gasteiger partial charge is 0.165 e. The average Bonchev–Trinajstić information content (AvgIpc) is 2.73. The third-order valence-electron chi connectivity index (χ3n) is 5.42. The highest BCUT2D eigenvalue weighted by Gasteiger charge is 2.19. The van der Waals surface area contributed by atoms with E-state index in [1.165, 1.54) is 37.7 Å². The Kier molecular flexibility index (Phi) is 10.8. The largest absolute Gasteiger partial charge is 0.493 e. The maximum atomic E-state index is 8.75. The molecule has 0 radical (unpaired) electrons. The van der Waals surface area contributed by atoms with Crippen molar-refractivity contribution >= 4 is 0 Å². The molecule has 1 aromatic rings. The molecule has 1 aliphatic rings. The van der Waals surface area contributed by atoms with Crippen LogP contribution in [0, 0.1) is 11.3 Å². The number of rotatable bonds is 13. The van der Waals surface area contributed by atoms with Crippen LogP contribution < -0.4 is 9.47 Å². The topological polar surface area (TPSA) is 48.7 Å². The molecule has 5 nitrogen and oxygen atoms in total. The number of ether oxygens (including phenoxy) is 2. The van der Waals surface area contributed by atoms with E-state index in [1.807, 2.05) is 6.07 Å². The highest BCUT2D eigenvalue weighted by Crippen LogP contribution is 2.32. The van der Waals surface area contributed by atoms with Gasteiger partial charge in [0, 0.05) is 51.3 Å². The Morgan fingerprint density at radius 3 is 2.43 bits per heavy atom. The molecular weight excluding hydrogens is 350 g/mol. The van der Waals surface area contributed by atoms with E-state index in [0.717, 1.165) is 63.8 Å². The van der Waals surface area contributed by atoms with Crippen molar-refractivity contribution in [1.82, 2.24) is 9.80 Å². The molecule has 1 saturated heterocycles. The number of para-hydroxylation sites is 1. The van der Waals surface area contributed by atoms with Crippen molar-refractivity contribution in [2.45, 2.75) is 58.4 Å². The quantitative estimate of drug-likeness (QED) is 0.468. The summed E-state index contributed by atoms with van der Waals surface area (Å²) in [4.78, 5) is 4.84. The Morgan fingerprint density at radius 1 is 1.00 bits per heavy atom. The molecule has 0 saturated carbocycles. The van der Waals surface area contributed by atoms with E-state index >= 15 is 0 Å². The zero-order valence-corrected chi connectivity index (χ0v) is 17.8. The number of nitriles is 1. The SMILES string of the molecule is CCCCCCCCOc1c(CN2CCN(CCC#N)CC2)cccc1OC. The lowest BCUT2D eigenvalue weighted by Gasteiger charge is -2.34. The van der Waals surface area contributed by atoms with E-state index in [4.69, 9.17) is 14.7 Å². The monoisotopic (exact) mass is 387 g/mol. The Balaban J connectivity index is 1.84. The summed E-state index contributed by atoms with van der Waals surface area (Å²) >= 11 is 0. The van der Waals surface area contributed by atoms with Gasteiger partial charge in [-0.15, -0.1) is 0 Å². The number of hydrogen-bond donors (Lipinski definition) is 0. The van der Waals surface area contributed by atoms with Crippen LogP contribution in [-0.2, 0) is 6.54 Å². The van der Waals surface area contributed by atoms with Crippen molar-refractivity contribution in [3.63, 3.8) is 0 Å². The maximum absolute atomic E-state index is 8.75. The first-order valence-electron chi connectivity index (χ1n) is 10.9. The van der Waals surface area contributed by atoms with Gasteiger partial charge < -0.3 is 9.47 Å². The molecule has 0 bridgehead atoms. The lowest BCUT2D eigenvalue weighted by molar-refractivity contribution is 0.127. The maximum Gasteiger partial charge on any atom is 0.165 e. The molecular formula is C23H37N3O2. The van der Waals surface area contributed by atoms with Crippen LogP contribution in [0.2, 0.25) is 0 Å². The predicted molar refractivity (Wildman–Crippen MR) is 114 cm³/mol. The number of piperazine rings is 1. The van der Waals surface area contributed by atoms with E-state index in [-0.39, 0.29) is 0 Å². The molecule has 5 heteroatoms. The van der Waals surface area contributed by atoms with Gasteiger partial charge in [-0.2, -0.15) is 5.26 Å². The molecule has 0 unspecified atom stereocenters. The molecule has 0 atom stereocenters. The van der Waals surface area contributed by atoms with E-state index in [0.29, 0.717) is 6.42 Å². The minimum Gasteiger partial charge on any atom is -0.493 e. The molecule has 1 aliphatic heterocycles. The summed E-state index contributed by atoms with van der Waals surface area (Å²) in [5.74, 6) is 1.74. The minimum absolute atomic E-state index is 0.617. The highest BCUT2D eigenvalue weighted by molar-refractivity contribution is 5.46. The molecule has 1 fully saturated rings. The van der Waals surface area contributed by atoms with E-state index in [2.05, 4.69) is 34.9 Å². The fourth-order valence-electron chi connectivity index (χ4n) is 3.69. The standard InChI is InChI=1S/C23H37N3O2/c1-3-4-5-6-7-8-19-28-23-21(11-9-12-22(23)27-2)20-26-17-15-25(16-18-26)14-10-13-24/h9,11-12H,3-8,10,14-20H2,1-2H3. The zero-order valence-electron chi connectivity index (χ0n) is 17.8. The second-order valence-corrected chi connectivity index (χ2v) is 7.59. The van der Waals surface area contributed by atoms with Crippen LogP contribution in [-0.4, -0.2) is 56.2 Å². The molecule has 2 rings (SSSR count). The van der Waals surface area contributed by atoms with Gasteiger partial charge in [0.1, 0.15) is 0 Å². The Hall–Kier alpha value is -1.77. The first-order valence-corrected chi connectivity index (χ1v) is 10.9. The predicted octanol–water partition coefficient (Wildman–Crippen LogP) is 4.47. The van der Waals surface area contributed by atoms with Crippen LogP contribution in [0.1, 0.15) is 57.4 Å². The highest BCUT2D eigenvalue weighted by atomic mass is 16.5. The summed E-state index contributed by atoms with van der Waals surface area (Å²) in [6.07, 6.45) is 8.19. The van der Waals surface area contributed by atoms with Crippen LogP contribution in [0.4, 0.5) is 0 Å². The average molecular weight is 388 g/mol. The van der Waals surface area contributed by atoms with Gasteiger partial charge in [0.05, 0.1) is 19.8 Å². The first kappa shape index (κ1) is 22.5. The molecule has 0 aliphatic carbocycles. The molecule has 0 amide bonds. The van der Waals surface area contributed by atoms with Gasteiger partial charge in [-0.1, -0.05) is 51.2 Å². The van der Waals surface area contributed by atoms with Gasteiger partial charge in [0.15, 0.2) is 11.5 Å². The van der Waals surface area contributed by atoms with Crippen LogP contribution in [0.5, 0.6) is 11.5 Å². The summed E-state index contributed by atoms with van der Waals surface area (Å²) < 4.78 is 11.7. The summed E-state index contributed by atoms with van der Waals surface area (Å²) in [6, 6.07) is 8.43. The van der Waals surface area contributed by atoms with Gasteiger partial charge in [-0.25, -0.2) is 0 Å². The third kappa shape index (κ3) is 7.69. The second kappa shape index (κ2) is 13.4. The summed E-state index contributed by atoms with van der Waals surface area (Å²) in [7, 11) is 1.71. The van der Waals surface area contributed by atoms with Gasteiger partial charge >= 0.3 is 0 Å². The Morgan fingerprint density at radius 2 is 1.71 bits per heavy atom. The Labute approximate surface area is 171 Å². The number of methoxy groups -OCH3 is 1. The number of nitrogens with zero attached hydrogens (tertiary/aromatic N) is 3. The van der Waals surface area contributed by atoms with Crippen molar-refractivity contribution in [3.8, 4) is 17.6 Å². The number of benzene rings is 1. The van der Waals surface area contributed by atoms with E-state index in [9.17, 15) is 0 Å². The molecule has 0 spiro atoms. The summed E-state index contributed by atoms with van der Waals surface area (Å²) in [6.45, 7) is 8.88. The molecule has 156 valence electrons. The van der Waals surface area contributed by atoms with Crippen LogP contribution >= 0.6 is 0 Å². The van der Waals surface area contributed by atoms with Crippen molar-refractivity contribution in [2.24, 2.45) is 0 Å². The summed E-state index contributed by atoms with van der Waals surface area (Å²) in [5.41, 5.74) is 1.20. The van der Waals surface area contributed by atoms with Crippen LogP contribution in [0.15, 0.2) is 18.2 Å². The van der Waals surface area contributed by atoms with Crippen molar-refractivity contribution < 1.29 is 9.47 Å².